The maximum absolute atomic E-state index is 5.50. The van der Waals surface area contributed by atoms with Gasteiger partial charge in [0.05, 0.1) is 0 Å². The van der Waals surface area contributed by atoms with Gasteiger partial charge in [0.15, 0.2) is 4.34 Å². The van der Waals surface area contributed by atoms with Crippen LogP contribution in [-0.2, 0) is 6.42 Å². The third kappa shape index (κ3) is 3.04. The molecule has 0 aliphatic heterocycles. The summed E-state index contributed by atoms with van der Waals surface area (Å²) in [4.78, 5) is 1.19. The Morgan fingerprint density at radius 3 is 2.56 bits per heavy atom. The van der Waals surface area contributed by atoms with Crippen LogP contribution in [0.3, 0.4) is 0 Å². The molecule has 2 rings (SSSR count). The molecule has 84 valence electrons. The van der Waals surface area contributed by atoms with E-state index in [9.17, 15) is 0 Å². The molecule has 16 heavy (non-hydrogen) atoms. The molecule has 0 unspecified atom stereocenters. The average Bonchev–Trinajstić information content (AvgIpc) is 2.67. The van der Waals surface area contributed by atoms with Crippen LogP contribution < -0.4 is 5.73 Å². The molecule has 1 aromatic heterocycles. The molecular weight excluding hydrogens is 238 g/mol. The standard InChI is InChI=1S/C11H13N3S2/c1-8-13-14-11(15-8)16-10-4-2-9(3-5-10)6-7-12/h2-5H,6-7,12H2,1H3. The molecule has 3 nitrogen and oxygen atoms in total. The molecule has 0 saturated carbocycles. The van der Waals surface area contributed by atoms with E-state index in [1.807, 2.05) is 6.92 Å². The monoisotopic (exact) mass is 251 g/mol. The maximum atomic E-state index is 5.50. The first-order valence-electron chi connectivity index (χ1n) is 5.05. The van der Waals surface area contributed by atoms with Crippen LogP contribution in [0, 0.1) is 6.92 Å². The molecule has 5 heteroatoms. The quantitative estimate of drug-likeness (QED) is 0.907. The van der Waals surface area contributed by atoms with Gasteiger partial charge < -0.3 is 5.73 Å². The van der Waals surface area contributed by atoms with Gasteiger partial charge in [0.25, 0.3) is 0 Å². The van der Waals surface area contributed by atoms with Crippen molar-refractivity contribution in [2.75, 3.05) is 6.54 Å². The first kappa shape index (κ1) is 11.6. The highest BCUT2D eigenvalue weighted by atomic mass is 32.2. The molecule has 2 N–H and O–H groups in total. The minimum atomic E-state index is 0.697. The molecule has 0 atom stereocenters. The Bertz CT molecular complexity index is 451. The summed E-state index contributed by atoms with van der Waals surface area (Å²) in [5, 5.41) is 9.07. The summed E-state index contributed by atoms with van der Waals surface area (Å²) in [5.74, 6) is 0. The van der Waals surface area contributed by atoms with Crippen LogP contribution in [0.2, 0.25) is 0 Å². The number of aryl methyl sites for hydroxylation is 1. The van der Waals surface area contributed by atoms with Crippen molar-refractivity contribution in [3.8, 4) is 0 Å². The van der Waals surface area contributed by atoms with Gasteiger partial charge in [-0.25, -0.2) is 0 Å². The van der Waals surface area contributed by atoms with Crippen LogP contribution in [0.25, 0.3) is 0 Å². The zero-order chi connectivity index (χ0) is 11.4. The van der Waals surface area contributed by atoms with Crippen molar-refractivity contribution in [2.24, 2.45) is 5.73 Å². The van der Waals surface area contributed by atoms with Crippen LogP contribution >= 0.6 is 23.1 Å². The van der Waals surface area contributed by atoms with Gasteiger partial charge in [0.1, 0.15) is 5.01 Å². The minimum Gasteiger partial charge on any atom is -0.330 e. The number of hydrogen-bond acceptors (Lipinski definition) is 5. The van der Waals surface area contributed by atoms with E-state index in [0.717, 1.165) is 15.8 Å². The maximum Gasteiger partial charge on any atom is 0.179 e. The van der Waals surface area contributed by atoms with Gasteiger partial charge in [-0.3, -0.25) is 0 Å². The second-order valence-electron chi connectivity index (χ2n) is 3.37. The van der Waals surface area contributed by atoms with E-state index < -0.39 is 0 Å². The Balaban J connectivity index is 2.05. The summed E-state index contributed by atoms with van der Waals surface area (Å²) < 4.78 is 0.990. The van der Waals surface area contributed by atoms with Crippen LogP contribution in [0.5, 0.6) is 0 Å². The molecule has 0 aliphatic carbocycles. The van der Waals surface area contributed by atoms with Crippen LogP contribution in [0.4, 0.5) is 0 Å². The van der Waals surface area contributed by atoms with Crippen LogP contribution in [0.1, 0.15) is 10.6 Å². The van der Waals surface area contributed by atoms with Gasteiger partial charge >= 0.3 is 0 Å². The predicted molar refractivity (Wildman–Crippen MR) is 68.0 cm³/mol. The third-order valence-corrected chi connectivity index (χ3v) is 3.97. The molecule has 0 spiro atoms. The molecule has 1 aromatic carbocycles. The molecule has 0 radical (unpaired) electrons. The number of benzene rings is 1. The summed E-state index contributed by atoms with van der Waals surface area (Å²) in [6.07, 6.45) is 0.933. The SMILES string of the molecule is Cc1nnc(Sc2ccc(CCN)cc2)s1. The summed E-state index contributed by atoms with van der Waals surface area (Å²) in [7, 11) is 0. The second kappa shape index (κ2) is 5.43. The van der Waals surface area contributed by atoms with E-state index in [0.29, 0.717) is 6.54 Å². The number of rotatable bonds is 4. The van der Waals surface area contributed by atoms with Gasteiger partial charge in [-0.15, -0.1) is 10.2 Å². The first-order chi connectivity index (χ1) is 7.78. The van der Waals surface area contributed by atoms with Crippen LogP contribution in [0.15, 0.2) is 33.5 Å². The lowest BCUT2D eigenvalue weighted by atomic mass is 10.2. The average molecular weight is 251 g/mol. The molecular formula is C11H13N3S2. The van der Waals surface area contributed by atoms with Crippen molar-refractivity contribution in [1.82, 2.24) is 10.2 Å². The number of aromatic nitrogens is 2. The fraction of sp³-hybridized carbons (Fsp3) is 0.273. The number of nitrogens with two attached hydrogens (primary N) is 1. The topological polar surface area (TPSA) is 51.8 Å². The zero-order valence-electron chi connectivity index (χ0n) is 9.01. The summed E-state index contributed by atoms with van der Waals surface area (Å²) in [5.41, 5.74) is 6.78. The second-order valence-corrected chi connectivity index (χ2v) is 5.87. The highest BCUT2D eigenvalue weighted by Crippen LogP contribution is 2.29. The lowest BCUT2D eigenvalue weighted by Gasteiger charge is -2.00. The van der Waals surface area contributed by atoms with Gasteiger partial charge in [0, 0.05) is 4.90 Å². The minimum absolute atomic E-state index is 0.697. The third-order valence-electron chi connectivity index (χ3n) is 2.07. The van der Waals surface area contributed by atoms with E-state index in [-0.39, 0.29) is 0 Å². The Labute approximate surface area is 103 Å². The Morgan fingerprint density at radius 1 is 1.25 bits per heavy atom. The lowest BCUT2D eigenvalue weighted by molar-refractivity contribution is 0.966. The van der Waals surface area contributed by atoms with E-state index >= 15 is 0 Å². The van der Waals surface area contributed by atoms with Crippen LogP contribution in [-0.4, -0.2) is 16.7 Å². The fourth-order valence-electron chi connectivity index (χ4n) is 1.31. The van der Waals surface area contributed by atoms with E-state index in [1.165, 1.54) is 10.5 Å². The van der Waals surface area contributed by atoms with E-state index in [4.69, 9.17) is 5.73 Å². The van der Waals surface area contributed by atoms with Crippen molar-refractivity contribution < 1.29 is 0 Å². The molecule has 0 saturated heterocycles. The fourth-order valence-corrected chi connectivity index (χ4v) is 3.10. The first-order valence-corrected chi connectivity index (χ1v) is 6.68. The largest absolute Gasteiger partial charge is 0.330 e. The summed E-state index contributed by atoms with van der Waals surface area (Å²) >= 11 is 3.27. The molecule has 2 aromatic rings. The van der Waals surface area contributed by atoms with Crippen molar-refractivity contribution in [1.29, 1.82) is 0 Å². The lowest BCUT2D eigenvalue weighted by Crippen LogP contribution is -2.02. The Hall–Kier alpha value is -0.910. The predicted octanol–water partition coefficient (Wildman–Crippen LogP) is 2.50. The zero-order valence-corrected chi connectivity index (χ0v) is 10.6. The van der Waals surface area contributed by atoms with Crippen molar-refractivity contribution in [3.05, 3.63) is 34.8 Å². The van der Waals surface area contributed by atoms with Crippen molar-refractivity contribution >= 4 is 23.1 Å². The smallest absolute Gasteiger partial charge is 0.179 e. The number of hydrogen-bond donors (Lipinski definition) is 1. The van der Waals surface area contributed by atoms with E-state index in [1.54, 1.807) is 23.1 Å². The molecule has 0 aliphatic rings. The molecule has 0 fully saturated rings. The summed E-state index contributed by atoms with van der Waals surface area (Å²) in [6, 6.07) is 8.44. The van der Waals surface area contributed by atoms with Gasteiger partial charge in [0.2, 0.25) is 0 Å². The summed E-state index contributed by atoms with van der Waals surface area (Å²) in [6.45, 7) is 2.66. The normalized spacial score (nSPS) is 10.6. The van der Waals surface area contributed by atoms with Gasteiger partial charge in [-0.1, -0.05) is 35.2 Å². The Kier molecular flexibility index (Phi) is 3.93. The van der Waals surface area contributed by atoms with Crippen molar-refractivity contribution in [3.63, 3.8) is 0 Å². The Morgan fingerprint density at radius 2 is 2.00 bits per heavy atom. The van der Waals surface area contributed by atoms with E-state index in [2.05, 4.69) is 34.5 Å². The van der Waals surface area contributed by atoms with Crippen molar-refractivity contribution in [2.45, 2.75) is 22.6 Å². The van der Waals surface area contributed by atoms with Gasteiger partial charge in [-0.2, -0.15) is 0 Å². The molecule has 1 heterocycles. The van der Waals surface area contributed by atoms with Gasteiger partial charge in [-0.05, 0) is 37.6 Å². The highest BCUT2D eigenvalue weighted by molar-refractivity contribution is 8.01. The molecule has 0 amide bonds. The molecule has 0 bridgehead atoms. The number of nitrogens with zero attached hydrogens (tertiary/aromatic N) is 2. The highest BCUT2D eigenvalue weighted by Gasteiger charge is 2.02.